The van der Waals surface area contributed by atoms with Crippen molar-refractivity contribution in [3.63, 3.8) is 0 Å². The fraction of sp³-hybridized carbons (Fsp3) is 0.286. The van der Waals surface area contributed by atoms with Crippen LogP contribution in [0.1, 0.15) is 24.1 Å². The van der Waals surface area contributed by atoms with Crippen LogP contribution < -0.4 is 14.2 Å². The average molecular weight is 355 g/mol. The van der Waals surface area contributed by atoms with Gasteiger partial charge in [-0.2, -0.15) is 0 Å². The van der Waals surface area contributed by atoms with Gasteiger partial charge < -0.3 is 19.1 Å². The molecule has 0 fully saturated rings. The molecule has 1 atom stereocenters. The molecule has 0 aliphatic rings. The number of rotatable bonds is 7. The number of carbonyl (C=O) groups excluding carboxylic acids is 1. The van der Waals surface area contributed by atoms with E-state index in [9.17, 15) is 4.79 Å². The molecule has 0 N–H and O–H groups in total. The fourth-order valence-corrected chi connectivity index (χ4v) is 2.61. The molecule has 138 valence electrons. The number of benzene rings is 2. The first-order chi connectivity index (χ1) is 12.5. The van der Waals surface area contributed by atoms with Crippen LogP contribution in [-0.4, -0.2) is 39.2 Å². The number of likely N-dealkylation sites (N-methyl/N-ethyl adjacent to an activating group) is 1. The normalized spacial score (nSPS) is 11.9. The lowest BCUT2D eigenvalue weighted by atomic mass is 10.1. The molecule has 0 aliphatic heterocycles. The van der Waals surface area contributed by atoms with Gasteiger partial charge in [-0.25, -0.2) is 0 Å². The van der Waals surface area contributed by atoms with E-state index in [4.69, 9.17) is 14.2 Å². The van der Waals surface area contributed by atoms with Gasteiger partial charge in [0.05, 0.1) is 27.4 Å². The number of methoxy groups -OCH3 is 3. The van der Waals surface area contributed by atoms with Crippen LogP contribution in [0.4, 0.5) is 0 Å². The summed E-state index contributed by atoms with van der Waals surface area (Å²) >= 11 is 0. The van der Waals surface area contributed by atoms with Crippen LogP contribution >= 0.6 is 0 Å². The quantitative estimate of drug-likeness (QED) is 0.706. The Morgan fingerprint density at radius 1 is 0.962 bits per heavy atom. The molecular formula is C21H25NO4. The summed E-state index contributed by atoms with van der Waals surface area (Å²) in [6, 6.07) is 13.4. The van der Waals surface area contributed by atoms with Crippen LogP contribution in [0.25, 0.3) is 6.08 Å². The molecule has 26 heavy (non-hydrogen) atoms. The topological polar surface area (TPSA) is 48.0 Å². The SMILES string of the molecule is COc1cc(OC)c(OC)cc1/C=C/C(=O)N(C)C(C)c1ccccc1. The minimum atomic E-state index is -0.0989. The molecule has 2 aromatic rings. The van der Waals surface area contributed by atoms with Crippen molar-refractivity contribution in [2.45, 2.75) is 13.0 Å². The van der Waals surface area contributed by atoms with Crippen LogP contribution in [0.15, 0.2) is 48.5 Å². The lowest BCUT2D eigenvalue weighted by molar-refractivity contribution is -0.126. The van der Waals surface area contributed by atoms with Gasteiger partial charge in [0.15, 0.2) is 11.5 Å². The summed E-state index contributed by atoms with van der Waals surface area (Å²) in [6.07, 6.45) is 3.25. The predicted molar refractivity (Wildman–Crippen MR) is 103 cm³/mol. The number of nitrogens with zero attached hydrogens (tertiary/aromatic N) is 1. The van der Waals surface area contributed by atoms with E-state index < -0.39 is 0 Å². The minimum absolute atomic E-state index is 0.0272. The smallest absolute Gasteiger partial charge is 0.246 e. The van der Waals surface area contributed by atoms with Gasteiger partial charge in [-0.15, -0.1) is 0 Å². The summed E-state index contributed by atoms with van der Waals surface area (Å²) in [6.45, 7) is 2.00. The van der Waals surface area contributed by atoms with Gasteiger partial charge in [-0.05, 0) is 24.6 Å². The van der Waals surface area contributed by atoms with Crippen LogP contribution in [0.2, 0.25) is 0 Å². The first-order valence-corrected chi connectivity index (χ1v) is 8.31. The zero-order valence-electron chi connectivity index (χ0n) is 15.9. The van der Waals surface area contributed by atoms with Crippen molar-refractivity contribution in [2.24, 2.45) is 0 Å². The van der Waals surface area contributed by atoms with E-state index in [0.717, 1.165) is 11.1 Å². The van der Waals surface area contributed by atoms with Crippen LogP contribution in [-0.2, 0) is 4.79 Å². The fourth-order valence-electron chi connectivity index (χ4n) is 2.61. The zero-order chi connectivity index (χ0) is 19.1. The second-order valence-corrected chi connectivity index (χ2v) is 5.82. The maximum absolute atomic E-state index is 12.6. The van der Waals surface area contributed by atoms with Crippen molar-refractivity contribution in [1.82, 2.24) is 4.90 Å². The molecule has 5 nitrogen and oxygen atoms in total. The molecule has 2 rings (SSSR count). The predicted octanol–water partition coefficient (Wildman–Crippen LogP) is 3.95. The van der Waals surface area contributed by atoms with E-state index in [1.807, 2.05) is 37.3 Å². The molecule has 0 heterocycles. The van der Waals surface area contributed by atoms with Crippen molar-refractivity contribution in [3.05, 3.63) is 59.7 Å². The van der Waals surface area contributed by atoms with Gasteiger partial charge in [-0.1, -0.05) is 30.3 Å². The van der Waals surface area contributed by atoms with Gasteiger partial charge in [0.25, 0.3) is 0 Å². The Morgan fingerprint density at radius 2 is 1.54 bits per heavy atom. The highest BCUT2D eigenvalue weighted by molar-refractivity contribution is 5.92. The Morgan fingerprint density at radius 3 is 2.12 bits per heavy atom. The Hall–Kier alpha value is -2.95. The molecule has 1 unspecified atom stereocenters. The number of hydrogen-bond acceptors (Lipinski definition) is 4. The minimum Gasteiger partial charge on any atom is -0.496 e. The number of hydrogen-bond donors (Lipinski definition) is 0. The maximum atomic E-state index is 12.6. The standard InChI is InChI=1S/C21H25NO4/c1-15(16-9-7-6-8-10-16)22(2)21(23)12-11-17-13-19(25-4)20(26-5)14-18(17)24-3/h6-15H,1-5H3/b12-11+. The number of ether oxygens (including phenoxy) is 3. The molecule has 0 saturated carbocycles. The molecule has 0 radical (unpaired) electrons. The molecule has 0 bridgehead atoms. The molecule has 0 aliphatic carbocycles. The highest BCUT2D eigenvalue weighted by Gasteiger charge is 2.16. The number of carbonyl (C=O) groups is 1. The van der Waals surface area contributed by atoms with Crippen LogP contribution in [0, 0.1) is 0 Å². The largest absolute Gasteiger partial charge is 0.496 e. The van der Waals surface area contributed by atoms with Crippen molar-refractivity contribution in [1.29, 1.82) is 0 Å². The molecule has 0 spiro atoms. The van der Waals surface area contributed by atoms with E-state index in [2.05, 4.69) is 0 Å². The lowest BCUT2D eigenvalue weighted by Crippen LogP contribution is -2.27. The molecule has 0 aromatic heterocycles. The number of amides is 1. The van der Waals surface area contributed by atoms with Crippen molar-refractivity contribution in [2.75, 3.05) is 28.4 Å². The summed E-state index contributed by atoms with van der Waals surface area (Å²) in [5.41, 5.74) is 1.82. The van der Waals surface area contributed by atoms with E-state index in [1.165, 1.54) is 6.08 Å². The highest BCUT2D eigenvalue weighted by Crippen LogP contribution is 2.35. The van der Waals surface area contributed by atoms with Gasteiger partial charge in [0, 0.05) is 24.8 Å². The summed E-state index contributed by atoms with van der Waals surface area (Å²) in [5.74, 6) is 1.65. The first kappa shape index (κ1) is 19.4. The van der Waals surface area contributed by atoms with Gasteiger partial charge >= 0.3 is 0 Å². The van der Waals surface area contributed by atoms with Crippen molar-refractivity contribution in [3.8, 4) is 17.2 Å². The molecule has 5 heteroatoms. The third kappa shape index (κ3) is 4.36. The second-order valence-electron chi connectivity index (χ2n) is 5.82. The Balaban J connectivity index is 2.21. The van der Waals surface area contributed by atoms with E-state index in [0.29, 0.717) is 17.2 Å². The summed E-state index contributed by atoms with van der Waals surface area (Å²) in [4.78, 5) is 14.2. The van der Waals surface area contributed by atoms with Crippen molar-refractivity contribution >= 4 is 12.0 Å². The van der Waals surface area contributed by atoms with Gasteiger partial charge in [0.1, 0.15) is 5.75 Å². The maximum Gasteiger partial charge on any atom is 0.246 e. The monoisotopic (exact) mass is 355 g/mol. The van der Waals surface area contributed by atoms with Gasteiger partial charge in [-0.3, -0.25) is 4.79 Å². The molecule has 1 amide bonds. The molecule has 2 aromatic carbocycles. The summed E-state index contributed by atoms with van der Waals surface area (Å²) < 4.78 is 16.0. The lowest BCUT2D eigenvalue weighted by Gasteiger charge is -2.24. The van der Waals surface area contributed by atoms with Gasteiger partial charge in [0.2, 0.25) is 5.91 Å². The second kappa shape index (κ2) is 8.94. The molecule has 0 saturated heterocycles. The Labute approximate surface area is 154 Å². The Kier molecular flexibility index (Phi) is 6.67. The van der Waals surface area contributed by atoms with E-state index in [1.54, 1.807) is 51.5 Å². The van der Waals surface area contributed by atoms with Crippen molar-refractivity contribution < 1.29 is 19.0 Å². The van der Waals surface area contributed by atoms with Crippen LogP contribution in [0.5, 0.6) is 17.2 Å². The average Bonchev–Trinajstić information content (AvgIpc) is 2.70. The van der Waals surface area contributed by atoms with E-state index >= 15 is 0 Å². The van der Waals surface area contributed by atoms with Crippen LogP contribution in [0.3, 0.4) is 0 Å². The summed E-state index contributed by atoms with van der Waals surface area (Å²) in [5, 5.41) is 0. The van der Waals surface area contributed by atoms with E-state index in [-0.39, 0.29) is 11.9 Å². The first-order valence-electron chi connectivity index (χ1n) is 8.31. The zero-order valence-corrected chi connectivity index (χ0v) is 15.9. The highest BCUT2D eigenvalue weighted by atomic mass is 16.5. The third-order valence-electron chi connectivity index (χ3n) is 4.35. The molecular weight excluding hydrogens is 330 g/mol. The summed E-state index contributed by atoms with van der Waals surface area (Å²) in [7, 11) is 6.49. The third-order valence-corrected chi connectivity index (χ3v) is 4.35. The Bertz CT molecular complexity index is 771.